The predicted molar refractivity (Wildman–Crippen MR) is 113 cm³/mol. The number of urea groups is 1. The van der Waals surface area contributed by atoms with Gasteiger partial charge in [-0.2, -0.15) is 0 Å². The second-order valence-electron chi connectivity index (χ2n) is 8.69. The molecule has 2 aliphatic rings. The largest absolute Gasteiger partial charge is 0.354 e. The predicted octanol–water partition coefficient (Wildman–Crippen LogP) is 3.07. The van der Waals surface area contributed by atoms with Crippen LogP contribution in [-0.4, -0.2) is 64.9 Å². The first-order chi connectivity index (χ1) is 13.8. The molecular formula is C23H30N4O2. The second kappa shape index (κ2) is 7.25. The zero-order valence-electron chi connectivity index (χ0n) is 17.9. The fourth-order valence-corrected chi connectivity index (χ4v) is 4.99. The molecule has 0 unspecified atom stereocenters. The lowest BCUT2D eigenvalue weighted by molar-refractivity contribution is 0.0765. The van der Waals surface area contributed by atoms with E-state index in [1.54, 1.807) is 19.0 Å². The van der Waals surface area contributed by atoms with Crippen LogP contribution in [0.5, 0.6) is 0 Å². The Labute approximate surface area is 172 Å². The summed E-state index contributed by atoms with van der Waals surface area (Å²) in [5.41, 5.74) is 4.16. The number of nitrogens with zero attached hydrogens (tertiary/aromatic N) is 4. The zero-order chi connectivity index (χ0) is 20.9. The van der Waals surface area contributed by atoms with Crippen molar-refractivity contribution in [2.75, 3.05) is 33.7 Å². The van der Waals surface area contributed by atoms with Crippen molar-refractivity contribution in [2.45, 2.75) is 19.9 Å². The van der Waals surface area contributed by atoms with E-state index >= 15 is 0 Å². The zero-order valence-corrected chi connectivity index (χ0v) is 17.9. The van der Waals surface area contributed by atoms with Crippen molar-refractivity contribution >= 4 is 11.9 Å². The molecule has 6 nitrogen and oxygen atoms in total. The molecule has 1 aromatic carbocycles. The van der Waals surface area contributed by atoms with E-state index in [-0.39, 0.29) is 23.9 Å². The number of carbonyl (C=O) groups is 2. The molecule has 4 rings (SSSR count). The number of likely N-dealkylation sites (tertiary alicyclic amines) is 2. The standard InChI is InChI=1S/C23H30N4O2/c1-15-8-6-7-9-18(15)21-20-14-26(22(28)19-10-11-25(5)16(19)2)12-17(20)13-27(21)23(29)24(3)4/h6-11,17,20-21H,12-14H2,1-5H3/t17-,20-,21+/m1/s1. The molecule has 6 heteroatoms. The molecule has 1 aromatic heterocycles. The second-order valence-corrected chi connectivity index (χ2v) is 8.69. The fraction of sp³-hybridized carbons (Fsp3) is 0.478. The van der Waals surface area contributed by atoms with Crippen LogP contribution in [-0.2, 0) is 7.05 Å². The van der Waals surface area contributed by atoms with Gasteiger partial charge in [-0.05, 0) is 31.0 Å². The van der Waals surface area contributed by atoms with Gasteiger partial charge in [0, 0.05) is 64.5 Å². The molecule has 0 radical (unpaired) electrons. The van der Waals surface area contributed by atoms with Crippen molar-refractivity contribution < 1.29 is 9.59 Å². The van der Waals surface area contributed by atoms with Crippen LogP contribution >= 0.6 is 0 Å². The molecule has 0 bridgehead atoms. The maximum absolute atomic E-state index is 13.2. The lowest BCUT2D eigenvalue weighted by atomic mass is 9.88. The van der Waals surface area contributed by atoms with E-state index in [4.69, 9.17) is 0 Å². The van der Waals surface area contributed by atoms with Crippen molar-refractivity contribution in [3.63, 3.8) is 0 Å². The minimum Gasteiger partial charge on any atom is -0.354 e. The van der Waals surface area contributed by atoms with Gasteiger partial charge in [0.25, 0.3) is 5.91 Å². The Morgan fingerprint density at radius 3 is 2.38 bits per heavy atom. The molecule has 2 aliphatic heterocycles. The summed E-state index contributed by atoms with van der Waals surface area (Å²) in [6, 6.07) is 10.3. The van der Waals surface area contributed by atoms with Crippen LogP contribution in [0.25, 0.3) is 0 Å². The average Bonchev–Trinajstić information content (AvgIpc) is 3.34. The molecular weight excluding hydrogens is 364 g/mol. The van der Waals surface area contributed by atoms with E-state index < -0.39 is 0 Å². The van der Waals surface area contributed by atoms with Gasteiger partial charge in [0.1, 0.15) is 0 Å². The van der Waals surface area contributed by atoms with Gasteiger partial charge in [0.2, 0.25) is 0 Å². The summed E-state index contributed by atoms with van der Waals surface area (Å²) >= 11 is 0. The topological polar surface area (TPSA) is 48.8 Å². The molecule has 3 amide bonds. The number of amides is 3. The van der Waals surface area contributed by atoms with E-state index in [1.165, 1.54) is 11.1 Å². The number of fused-ring (bicyclic) bond motifs is 1. The Kier molecular flexibility index (Phi) is 4.89. The molecule has 2 saturated heterocycles. The van der Waals surface area contributed by atoms with E-state index in [0.717, 1.165) is 11.3 Å². The first-order valence-corrected chi connectivity index (χ1v) is 10.2. The highest BCUT2D eigenvalue weighted by Gasteiger charge is 2.50. The smallest absolute Gasteiger partial charge is 0.320 e. The van der Waals surface area contributed by atoms with Crippen LogP contribution in [0.4, 0.5) is 4.79 Å². The summed E-state index contributed by atoms with van der Waals surface area (Å²) in [5, 5.41) is 0. The summed E-state index contributed by atoms with van der Waals surface area (Å²) in [6.07, 6.45) is 1.94. The summed E-state index contributed by atoms with van der Waals surface area (Å²) in [6.45, 7) is 6.17. The molecule has 3 heterocycles. The first kappa shape index (κ1) is 19.6. The Morgan fingerprint density at radius 1 is 1.03 bits per heavy atom. The van der Waals surface area contributed by atoms with Crippen LogP contribution in [0.15, 0.2) is 36.5 Å². The van der Waals surface area contributed by atoms with Gasteiger partial charge >= 0.3 is 6.03 Å². The third-order valence-electron chi connectivity index (χ3n) is 6.70. The van der Waals surface area contributed by atoms with Gasteiger partial charge in [-0.1, -0.05) is 24.3 Å². The third-order valence-corrected chi connectivity index (χ3v) is 6.70. The first-order valence-electron chi connectivity index (χ1n) is 10.2. The SMILES string of the molecule is Cc1ccccc1[C@H]1[C@@H]2CN(C(=O)c3ccn(C)c3C)C[C@@H]2CN1C(=O)N(C)C. The Bertz CT molecular complexity index is 948. The molecule has 0 aliphatic carbocycles. The molecule has 0 spiro atoms. The summed E-state index contributed by atoms with van der Waals surface area (Å²) in [7, 11) is 5.57. The van der Waals surface area contributed by atoms with Gasteiger partial charge in [0.05, 0.1) is 11.6 Å². The average molecular weight is 395 g/mol. The fourth-order valence-electron chi connectivity index (χ4n) is 4.99. The number of aryl methyl sites for hydroxylation is 2. The highest BCUT2D eigenvalue weighted by atomic mass is 16.2. The lowest BCUT2D eigenvalue weighted by Gasteiger charge is -2.32. The molecule has 29 heavy (non-hydrogen) atoms. The Morgan fingerprint density at radius 2 is 1.76 bits per heavy atom. The number of rotatable bonds is 2. The van der Waals surface area contributed by atoms with Crippen LogP contribution in [0, 0.1) is 25.7 Å². The van der Waals surface area contributed by atoms with E-state index in [2.05, 4.69) is 19.1 Å². The summed E-state index contributed by atoms with van der Waals surface area (Å²) < 4.78 is 1.98. The van der Waals surface area contributed by atoms with Crippen molar-refractivity contribution in [3.05, 3.63) is 58.9 Å². The number of carbonyl (C=O) groups excluding carboxylic acids is 2. The van der Waals surface area contributed by atoms with Crippen LogP contribution in [0.1, 0.15) is 33.2 Å². The molecule has 0 saturated carbocycles. The lowest BCUT2D eigenvalue weighted by Crippen LogP contribution is -2.42. The Hall–Kier alpha value is -2.76. The van der Waals surface area contributed by atoms with Crippen LogP contribution in [0.2, 0.25) is 0 Å². The van der Waals surface area contributed by atoms with Crippen LogP contribution in [0.3, 0.4) is 0 Å². The van der Waals surface area contributed by atoms with Gasteiger partial charge in [-0.15, -0.1) is 0 Å². The van der Waals surface area contributed by atoms with Crippen molar-refractivity contribution in [1.29, 1.82) is 0 Å². The minimum atomic E-state index is 0.00534. The van der Waals surface area contributed by atoms with Gasteiger partial charge < -0.3 is 19.3 Å². The van der Waals surface area contributed by atoms with E-state index in [0.29, 0.717) is 25.6 Å². The van der Waals surface area contributed by atoms with Gasteiger partial charge in [0.15, 0.2) is 0 Å². The monoisotopic (exact) mass is 394 g/mol. The molecule has 0 N–H and O–H groups in total. The molecule has 3 atom stereocenters. The molecule has 2 fully saturated rings. The van der Waals surface area contributed by atoms with Crippen LogP contribution < -0.4 is 0 Å². The van der Waals surface area contributed by atoms with Crippen molar-refractivity contribution in [1.82, 2.24) is 19.3 Å². The third kappa shape index (κ3) is 3.20. The Balaban J connectivity index is 1.64. The summed E-state index contributed by atoms with van der Waals surface area (Å²) in [4.78, 5) is 31.7. The quantitative estimate of drug-likeness (QED) is 0.786. The number of aromatic nitrogens is 1. The van der Waals surface area contributed by atoms with E-state index in [1.807, 2.05) is 52.7 Å². The highest BCUT2D eigenvalue weighted by molar-refractivity contribution is 5.95. The molecule has 2 aromatic rings. The van der Waals surface area contributed by atoms with Gasteiger partial charge in [-0.3, -0.25) is 4.79 Å². The number of hydrogen-bond acceptors (Lipinski definition) is 2. The van der Waals surface area contributed by atoms with Crippen molar-refractivity contribution in [2.24, 2.45) is 18.9 Å². The molecule has 154 valence electrons. The summed E-state index contributed by atoms with van der Waals surface area (Å²) in [5.74, 6) is 0.663. The minimum absolute atomic E-state index is 0.00534. The maximum atomic E-state index is 13.2. The van der Waals surface area contributed by atoms with Crippen molar-refractivity contribution in [3.8, 4) is 0 Å². The normalized spacial score (nSPS) is 23.4. The number of hydrogen-bond donors (Lipinski definition) is 0. The maximum Gasteiger partial charge on any atom is 0.320 e. The highest BCUT2D eigenvalue weighted by Crippen LogP contribution is 2.46. The number of benzene rings is 1. The van der Waals surface area contributed by atoms with E-state index in [9.17, 15) is 9.59 Å². The van der Waals surface area contributed by atoms with Gasteiger partial charge in [-0.25, -0.2) is 4.79 Å².